The van der Waals surface area contributed by atoms with Crippen LogP contribution in [0.4, 0.5) is 0 Å². The molecule has 0 unspecified atom stereocenters. The first-order valence-corrected chi connectivity index (χ1v) is 7.27. The van der Waals surface area contributed by atoms with E-state index in [0.717, 1.165) is 6.42 Å². The SMILES string of the molecule is CCOC(=O)[C@H](N)CCc1ccc(-c2ccccc2)cc1. The van der Waals surface area contributed by atoms with Gasteiger partial charge in [0.1, 0.15) is 6.04 Å². The molecule has 2 aromatic carbocycles. The van der Waals surface area contributed by atoms with Gasteiger partial charge in [0.05, 0.1) is 6.61 Å². The summed E-state index contributed by atoms with van der Waals surface area (Å²) >= 11 is 0. The second-order valence-corrected chi connectivity index (χ2v) is 4.96. The highest BCUT2D eigenvalue weighted by Gasteiger charge is 2.13. The van der Waals surface area contributed by atoms with Crippen LogP contribution in [0.5, 0.6) is 0 Å². The van der Waals surface area contributed by atoms with E-state index in [2.05, 4.69) is 36.4 Å². The molecule has 0 aliphatic carbocycles. The van der Waals surface area contributed by atoms with Gasteiger partial charge in [-0.3, -0.25) is 4.79 Å². The van der Waals surface area contributed by atoms with Gasteiger partial charge in [-0.25, -0.2) is 0 Å². The second-order valence-electron chi connectivity index (χ2n) is 4.96. The Balaban J connectivity index is 1.93. The highest BCUT2D eigenvalue weighted by Crippen LogP contribution is 2.19. The third-order valence-electron chi connectivity index (χ3n) is 3.39. The molecule has 0 bridgehead atoms. The van der Waals surface area contributed by atoms with Crippen molar-refractivity contribution in [3.8, 4) is 11.1 Å². The summed E-state index contributed by atoms with van der Waals surface area (Å²) < 4.78 is 4.91. The molecule has 2 rings (SSSR count). The average molecular weight is 283 g/mol. The molecule has 0 radical (unpaired) electrons. The molecule has 0 spiro atoms. The molecule has 110 valence electrons. The topological polar surface area (TPSA) is 52.3 Å². The summed E-state index contributed by atoms with van der Waals surface area (Å²) in [6, 6.07) is 18.1. The summed E-state index contributed by atoms with van der Waals surface area (Å²) in [5.41, 5.74) is 9.36. The van der Waals surface area contributed by atoms with Gasteiger partial charge in [-0.05, 0) is 36.5 Å². The molecule has 0 aliphatic rings. The van der Waals surface area contributed by atoms with Crippen molar-refractivity contribution in [1.29, 1.82) is 0 Å². The Labute approximate surface area is 125 Å². The van der Waals surface area contributed by atoms with E-state index >= 15 is 0 Å². The zero-order valence-electron chi connectivity index (χ0n) is 12.3. The van der Waals surface area contributed by atoms with Crippen LogP contribution in [0.2, 0.25) is 0 Å². The molecule has 3 nitrogen and oxygen atoms in total. The number of benzene rings is 2. The number of carbonyl (C=O) groups excluding carboxylic acids is 1. The van der Waals surface area contributed by atoms with Gasteiger partial charge in [-0.1, -0.05) is 54.6 Å². The first kappa shape index (κ1) is 15.3. The van der Waals surface area contributed by atoms with Gasteiger partial charge >= 0.3 is 5.97 Å². The molecule has 1 atom stereocenters. The summed E-state index contributed by atoms with van der Waals surface area (Å²) in [6.07, 6.45) is 1.37. The Morgan fingerprint density at radius 1 is 1.05 bits per heavy atom. The third-order valence-corrected chi connectivity index (χ3v) is 3.39. The lowest BCUT2D eigenvalue weighted by Crippen LogP contribution is -2.32. The first-order valence-electron chi connectivity index (χ1n) is 7.27. The van der Waals surface area contributed by atoms with E-state index in [1.165, 1.54) is 16.7 Å². The van der Waals surface area contributed by atoms with Crippen LogP contribution in [0.1, 0.15) is 18.9 Å². The number of aryl methyl sites for hydroxylation is 1. The average Bonchev–Trinajstić information content (AvgIpc) is 2.54. The Morgan fingerprint density at radius 3 is 2.29 bits per heavy atom. The van der Waals surface area contributed by atoms with Crippen molar-refractivity contribution in [1.82, 2.24) is 0 Å². The number of esters is 1. The van der Waals surface area contributed by atoms with Crippen LogP contribution >= 0.6 is 0 Å². The number of hydrogen-bond donors (Lipinski definition) is 1. The van der Waals surface area contributed by atoms with Crippen molar-refractivity contribution in [3.63, 3.8) is 0 Å². The van der Waals surface area contributed by atoms with Crippen LogP contribution in [-0.2, 0) is 16.0 Å². The molecule has 0 saturated heterocycles. The minimum atomic E-state index is -0.543. The first-order chi connectivity index (χ1) is 10.2. The lowest BCUT2D eigenvalue weighted by atomic mass is 10.0. The fourth-order valence-corrected chi connectivity index (χ4v) is 2.18. The zero-order chi connectivity index (χ0) is 15.1. The smallest absolute Gasteiger partial charge is 0.322 e. The van der Waals surface area contributed by atoms with Crippen molar-refractivity contribution in [3.05, 3.63) is 60.2 Å². The second kappa shape index (κ2) is 7.60. The third kappa shape index (κ3) is 4.43. The summed E-state index contributed by atoms with van der Waals surface area (Å²) in [7, 11) is 0. The van der Waals surface area contributed by atoms with Crippen molar-refractivity contribution >= 4 is 5.97 Å². The molecule has 0 aromatic heterocycles. The van der Waals surface area contributed by atoms with Crippen LogP contribution in [0.3, 0.4) is 0 Å². The van der Waals surface area contributed by atoms with Gasteiger partial charge in [0, 0.05) is 0 Å². The van der Waals surface area contributed by atoms with Gasteiger partial charge in [0.15, 0.2) is 0 Å². The Bertz CT molecular complexity index is 564. The maximum atomic E-state index is 11.5. The minimum absolute atomic E-state index is 0.321. The van der Waals surface area contributed by atoms with E-state index in [0.29, 0.717) is 13.0 Å². The summed E-state index contributed by atoms with van der Waals surface area (Å²) in [4.78, 5) is 11.5. The number of carbonyl (C=O) groups is 1. The molecular formula is C18H21NO2. The number of rotatable bonds is 6. The number of nitrogens with two attached hydrogens (primary N) is 1. The zero-order valence-corrected chi connectivity index (χ0v) is 12.3. The molecule has 2 aromatic rings. The maximum Gasteiger partial charge on any atom is 0.322 e. The number of ether oxygens (including phenoxy) is 1. The van der Waals surface area contributed by atoms with E-state index in [1.54, 1.807) is 6.92 Å². The van der Waals surface area contributed by atoms with Crippen LogP contribution in [0.25, 0.3) is 11.1 Å². The van der Waals surface area contributed by atoms with Crippen molar-refractivity contribution < 1.29 is 9.53 Å². The van der Waals surface area contributed by atoms with Gasteiger partial charge < -0.3 is 10.5 Å². The molecule has 21 heavy (non-hydrogen) atoms. The Kier molecular flexibility index (Phi) is 5.52. The number of hydrogen-bond acceptors (Lipinski definition) is 3. The fraction of sp³-hybridized carbons (Fsp3) is 0.278. The predicted molar refractivity (Wildman–Crippen MR) is 84.8 cm³/mol. The standard InChI is InChI=1S/C18H21NO2/c1-2-21-18(20)17(19)13-10-14-8-11-16(12-9-14)15-6-4-3-5-7-15/h3-9,11-12,17H,2,10,13,19H2,1H3/t17-/m1/s1. The fourth-order valence-electron chi connectivity index (χ4n) is 2.18. The van der Waals surface area contributed by atoms with Crippen molar-refractivity contribution in [2.75, 3.05) is 6.61 Å². The molecule has 0 amide bonds. The molecule has 0 fully saturated rings. The van der Waals surface area contributed by atoms with Crippen LogP contribution in [0.15, 0.2) is 54.6 Å². The van der Waals surface area contributed by atoms with Gasteiger partial charge in [0.2, 0.25) is 0 Å². The van der Waals surface area contributed by atoms with E-state index in [1.807, 2.05) is 18.2 Å². The quantitative estimate of drug-likeness (QED) is 0.828. The highest BCUT2D eigenvalue weighted by atomic mass is 16.5. The molecule has 0 heterocycles. The molecule has 2 N–H and O–H groups in total. The Hall–Kier alpha value is -2.13. The molecule has 0 aliphatic heterocycles. The molecule has 0 saturated carbocycles. The van der Waals surface area contributed by atoms with Crippen LogP contribution in [0, 0.1) is 0 Å². The van der Waals surface area contributed by atoms with E-state index in [4.69, 9.17) is 10.5 Å². The monoisotopic (exact) mass is 283 g/mol. The summed E-state index contributed by atoms with van der Waals surface area (Å²) in [6.45, 7) is 2.16. The largest absolute Gasteiger partial charge is 0.465 e. The summed E-state index contributed by atoms with van der Waals surface area (Å²) in [5, 5.41) is 0. The van der Waals surface area contributed by atoms with Crippen LogP contribution in [-0.4, -0.2) is 18.6 Å². The minimum Gasteiger partial charge on any atom is -0.465 e. The van der Waals surface area contributed by atoms with Gasteiger partial charge in [0.25, 0.3) is 0 Å². The highest BCUT2D eigenvalue weighted by molar-refractivity contribution is 5.75. The van der Waals surface area contributed by atoms with E-state index in [-0.39, 0.29) is 5.97 Å². The van der Waals surface area contributed by atoms with Crippen LogP contribution < -0.4 is 5.73 Å². The predicted octanol–water partition coefficient (Wildman–Crippen LogP) is 3.18. The van der Waals surface area contributed by atoms with Gasteiger partial charge in [-0.15, -0.1) is 0 Å². The van der Waals surface area contributed by atoms with Gasteiger partial charge in [-0.2, -0.15) is 0 Å². The van der Waals surface area contributed by atoms with Crippen molar-refractivity contribution in [2.24, 2.45) is 5.73 Å². The Morgan fingerprint density at radius 2 is 1.67 bits per heavy atom. The molecule has 3 heteroatoms. The van der Waals surface area contributed by atoms with E-state index < -0.39 is 6.04 Å². The van der Waals surface area contributed by atoms with E-state index in [9.17, 15) is 4.79 Å². The normalized spacial score (nSPS) is 11.9. The van der Waals surface area contributed by atoms with Crippen molar-refractivity contribution in [2.45, 2.75) is 25.8 Å². The summed E-state index contributed by atoms with van der Waals surface area (Å²) in [5.74, 6) is -0.321. The molecular weight excluding hydrogens is 262 g/mol. The maximum absolute atomic E-state index is 11.5. The lowest BCUT2D eigenvalue weighted by molar-refractivity contribution is -0.144. The lowest BCUT2D eigenvalue weighted by Gasteiger charge is -2.10.